The van der Waals surface area contributed by atoms with Gasteiger partial charge in [-0.3, -0.25) is 24.6 Å². The Bertz CT molecular complexity index is 827. The van der Waals surface area contributed by atoms with Crippen molar-refractivity contribution in [3.05, 3.63) is 42.0 Å². The number of likely N-dealkylation sites (tertiary alicyclic amines) is 1. The van der Waals surface area contributed by atoms with E-state index >= 15 is 0 Å². The van der Waals surface area contributed by atoms with Crippen molar-refractivity contribution in [2.45, 2.75) is 64.1 Å². The molecule has 2 amide bonds. The van der Waals surface area contributed by atoms with Crippen LogP contribution in [0.5, 0.6) is 0 Å². The molecule has 1 aromatic rings. The van der Waals surface area contributed by atoms with Gasteiger partial charge in [0.2, 0.25) is 11.8 Å². The molecule has 0 saturated carbocycles. The number of aliphatic carboxylic acids is 1. The molecule has 2 heterocycles. The lowest BCUT2D eigenvalue weighted by Gasteiger charge is -2.35. The Morgan fingerprint density at radius 2 is 1.86 bits per heavy atom. The van der Waals surface area contributed by atoms with E-state index in [0.29, 0.717) is 12.8 Å². The molecule has 0 radical (unpaired) electrons. The molecule has 0 aromatic heterocycles. The van der Waals surface area contributed by atoms with Crippen molar-refractivity contribution < 1.29 is 19.5 Å². The fourth-order valence-electron chi connectivity index (χ4n) is 4.64. The molecule has 0 aliphatic carbocycles. The molecule has 6 nitrogen and oxygen atoms in total. The molecule has 3 rings (SSSR count). The van der Waals surface area contributed by atoms with Gasteiger partial charge in [0.25, 0.3) is 0 Å². The third kappa shape index (κ3) is 3.62. The van der Waals surface area contributed by atoms with E-state index in [9.17, 15) is 19.5 Å². The van der Waals surface area contributed by atoms with E-state index in [4.69, 9.17) is 0 Å². The summed E-state index contributed by atoms with van der Waals surface area (Å²) in [5, 5.41) is 13.4. The molecular weight excluding hydrogens is 368 g/mol. The molecule has 2 fully saturated rings. The number of imide groups is 1. The second kappa shape index (κ2) is 7.75. The Hall–Kier alpha value is -2.47. The highest BCUT2D eigenvalue weighted by molar-refractivity contribution is 6.10. The predicted octanol–water partition coefficient (Wildman–Crippen LogP) is 3.08. The number of amides is 2. The van der Waals surface area contributed by atoms with Crippen LogP contribution in [0.2, 0.25) is 0 Å². The zero-order valence-corrected chi connectivity index (χ0v) is 17.5. The van der Waals surface area contributed by atoms with Crippen LogP contribution in [-0.4, -0.2) is 44.9 Å². The maximum atomic E-state index is 13.3. The summed E-state index contributed by atoms with van der Waals surface area (Å²) in [6.45, 7) is 7.40. The van der Waals surface area contributed by atoms with E-state index in [1.54, 1.807) is 20.8 Å². The number of rotatable bonds is 6. The number of nitrogens with zero attached hydrogens (tertiary/aromatic N) is 1. The van der Waals surface area contributed by atoms with Gasteiger partial charge in [-0.05, 0) is 32.8 Å². The van der Waals surface area contributed by atoms with Crippen LogP contribution in [0.4, 0.5) is 0 Å². The summed E-state index contributed by atoms with van der Waals surface area (Å²) in [5.41, 5.74) is -1.17. The van der Waals surface area contributed by atoms with Crippen molar-refractivity contribution >= 4 is 23.9 Å². The van der Waals surface area contributed by atoms with Gasteiger partial charge in [-0.1, -0.05) is 62.2 Å². The molecule has 2 N–H and O–H groups in total. The predicted molar refractivity (Wildman–Crippen MR) is 111 cm³/mol. The zero-order valence-electron chi connectivity index (χ0n) is 17.5. The summed E-state index contributed by atoms with van der Waals surface area (Å²) >= 11 is 0. The number of carbonyl (C=O) groups excluding carboxylic acids is 2. The van der Waals surface area contributed by atoms with Gasteiger partial charge in [0.05, 0.1) is 11.8 Å². The highest BCUT2D eigenvalue weighted by Crippen LogP contribution is 2.47. The molecule has 4 unspecified atom stereocenters. The van der Waals surface area contributed by atoms with Gasteiger partial charge < -0.3 is 5.11 Å². The van der Waals surface area contributed by atoms with Crippen molar-refractivity contribution in [3.8, 4) is 0 Å². The quantitative estimate of drug-likeness (QED) is 0.719. The van der Waals surface area contributed by atoms with Gasteiger partial charge in [-0.15, -0.1) is 0 Å². The molecule has 29 heavy (non-hydrogen) atoms. The largest absolute Gasteiger partial charge is 0.480 e. The summed E-state index contributed by atoms with van der Waals surface area (Å²) in [4.78, 5) is 40.3. The first kappa shape index (κ1) is 21.2. The van der Waals surface area contributed by atoms with Crippen LogP contribution in [0.3, 0.4) is 0 Å². The molecule has 1 aromatic carbocycles. The molecule has 2 aliphatic heterocycles. The first-order chi connectivity index (χ1) is 13.6. The van der Waals surface area contributed by atoms with E-state index < -0.39 is 34.9 Å². The standard InChI is InChI=1S/C23H30N2O4/c1-5-6-14-23(21(28)29)18-17(19(26)25(20(18)27)22(2,3)4)16(24-23)13-12-15-10-8-7-9-11-15/h7-13,16-18,24H,5-6,14H2,1-4H3,(H,28,29)/b13-12+. The van der Waals surface area contributed by atoms with Gasteiger partial charge in [-0.2, -0.15) is 0 Å². The van der Waals surface area contributed by atoms with Crippen LogP contribution >= 0.6 is 0 Å². The Labute approximate surface area is 172 Å². The molecule has 156 valence electrons. The first-order valence-electron chi connectivity index (χ1n) is 10.3. The zero-order chi connectivity index (χ0) is 21.4. The third-order valence-electron chi connectivity index (χ3n) is 5.97. The second-order valence-corrected chi connectivity index (χ2v) is 9.01. The Kier molecular flexibility index (Phi) is 5.68. The second-order valence-electron chi connectivity index (χ2n) is 9.01. The lowest BCUT2D eigenvalue weighted by atomic mass is 9.77. The molecule has 2 aliphatic rings. The topological polar surface area (TPSA) is 86.7 Å². The summed E-state index contributed by atoms with van der Waals surface area (Å²) in [6, 6.07) is 9.11. The van der Waals surface area contributed by atoms with E-state index in [2.05, 4.69) is 5.32 Å². The van der Waals surface area contributed by atoms with Crippen molar-refractivity contribution in [1.82, 2.24) is 10.2 Å². The highest BCUT2D eigenvalue weighted by Gasteiger charge is 2.68. The van der Waals surface area contributed by atoms with Gasteiger partial charge in [-0.25, -0.2) is 0 Å². The average Bonchev–Trinajstić information content (AvgIpc) is 3.13. The number of hydrogen-bond donors (Lipinski definition) is 2. The number of carboxylic acid groups (broad SMARTS) is 1. The Balaban J connectivity index is 2.05. The van der Waals surface area contributed by atoms with E-state index in [1.165, 1.54) is 4.90 Å². The molecule has 0 bridgehead atoms. The number of carbonyl (C=O) groups is 3. The maximum absolute atomic E-state index is 13.3. The number of nitrogens with one attached hydrogen (secondary N) is 1. The monoisotopic (exact) mass is 398 g/mol. The third-order valence-corrected chi connectivity index (χ3v) is 5.97. The fraction of sp³-hybridized carbons (Fsp3) is 0.522. The van der Waals surface area contributed by atoms with E-state index in [-0.39, 0.29) is 11.8 Å². The van der Waals surface area contributed by atoms with Crippen molar-refractivity contribution in [3.63, 3.8) is 0 Å². The van der Waals surface area contributed by atoms with Crippen LogP contribution < -0.4 is 5.32 Å². The van der Waals surface area contributed by atoms with Gasteiger partial charge in [0, 0.05) is 11.6 Å². The minimum Gasteiger partial charge on any atom is -0.480 e. The Morgan fingerprint density at radius 1 is 1.21 bits per heavy atom. The van der Waals surface area contributed by atoms with Gasteiger partial charge in [0.15, 0.2) is 0 Å². The fourth-order valence-corrected chi connectivity index (χ4v) is 4.64. The van der Waals surface area contributed by atoms with Crippen molar-refractivity contribution in [1.29, 1.82) is 0 Å². The SMILES string of the molecule is CCCCC1(C(=O)O)NC(/C=C/c2ccccc2)C2C(=O)N(C(C)(C)C)C(=O)C21. The lowest BCUT2D eigenvalue weighted by Crippen LogP contribution is -2.58. The summed E-state index contributed by atoms with van der Waals surface area (Å²) in [6.07, 6.45) is 5.50. The summed E-state index contributed by atoms with van der Waals surface area (Å²) in [5.74, 6) is -3.34. The van der Waals surface area contributed by atoms with Crippen LogP contribution in [0, 0.1) is 11.8 Å². The minimum atomic E-state index is -1.43. The van der Waals surface area contributed by atoms with Crippen LogP contribution in [-0.2, 0) is 14.4 Å². The normalized spacial score (nSPS) is 29.7. The number of unbranched alkanes of at least 4 members (excludes halogenated alkanes) is 1. The average molecular weight is 399 g/mol. The van der Waals surface area contributed by atoms with Gasteiger partial charge in [0.1, 0.15) is 5.54 Å². The maximum Gasteiger partial charge on any atom is 0.324 e. The number of carboxylic acids is 1. The van der Waals surface area contributed by atoms with Crippen LogP contribution in [0.15, 0.2) is 36.4 Å². The number of fused-ring (bicyclic) bond motifs is 1. The summed E-state index contributed by atoms with van der Waals surface area (Å²) in [7, 11) is 0. The number of benzene rings is 1. The molecular formula is C23H30N2O4. The van der Waals surface area contributed by atoms with Crippen molar-refractivity contribution in [2.24, 2.45) is 11.8 Å². The smallest absolute Gasteiger partial charge is 0.324 e. The molecule has 2 saturated heterocycles. The minimum absolute atomic E-state index is 0.290. The highest BCUT2D eigenvalue weighted by atomic mass is 16.4. The van der Waals surface area contributed by atoms with Crippen LogP contribution in [0.1, 0.15) is 52.5 Å². The molecule has 4 atom stereocenters. The molecule has 6 heteroatoms. The van der Waals surface area contributed by atoms with Crippen molar-refractivity contribution in [2.75, 3.05) is 0 Å². The molecule has 0 spiro atoms. The van der Waals surface area contributed by atoms with E-state index in [1.807, 2.05) is 49.4 Å². The lowest BCUT2D eigenvalue weighted by molar-refractivity contribution is -0.153. The van der Waals surface area contributed by atoms with Gasteiger partial charge >= 0.3 is 5.97 Å². The first-order valence-corrected chi connectivity index (χ1v) is 10.3. The van der Waals surface area contributed by atoms with E-state index in [0.717, 1.165) is 12.0 Å². The summed E-state index contributed by atoms with van der Waals surface area (Å²) < 4.78 is 0. The van der Waals surface area contributed by atoms with Crippen LogP contribution in [0.25, 0.3) is 6.08 Å². The number of hydrogen-bond acceptors (Lipinski definition) is 4. The Morgan fingerprint density at radius 3 is 2.41 bits per heavy atom.